The number of hydrogen-bond donors (Lipinski definition) is 0. The lowest BCUT2D eigenvalue weighted by Gasteiger charge is -2.16. The van der Waals surface area contributed by atoms with Gasteiger partial charge in [0, 0.05) is 12.4 Å². The van der Waals surface area contributed by atoms with Crippen LogP contribution in [0.5, 0.6) is 0 Å². The molecule has 0 aliphatic carbocycles. The minimum atomic E-state index is 0.604. The standard InChI is InChI=1S/C11H14N2/c1-2-4-9-7-11-10(13-8-9)5-3-6-12-11/h3,5-6,8-9H,2,4,7H2,1H3/t9-/m1/s1. The summed E-state index contributed by atoms with van der Waals surface area (Å²) in [6.45, 7) is 2.21. The highest BCUT2D eigenvalue weighted by Gasteiger charge is 2.14. The second-order valence-corrected chi connectivity index (χ2v) is 3.50. The monoisotopic (exact) mass is 174 g/mol. The van der Waals surface area contributed by atoms with E-state index in [1.54, 1.807) is 0 Å². The van der Waals surface area contributed by atoms with Gasteiger partial charge in [-0.1, -0.05) is 13.3 Å². The fraction of sp³-hybridized carbons (Fsp3) is 0.455. The number of rotatable bonds is 2. The van der Waals surface area contributed by atoms with Crippen molar-refractivity contribution in [3.8, 4) is 0 Å². The number of fused-ring (bicyclic) bond motifs is 1. The molecule has 2 heterocycles. The predicted octanol–water partition coefficient (Wildman–Crippen LogP) is 2.76. The molecule has 0 aromatic carbocycles. The minimum absolute atomic E-state index is 0.604. The summed E-state index contributed by atoms with van der Waals surface area (Å²) < 4.78 is 0. The Morgan fingerprint density at radius 3 is 3.31 bits per heavy atom. The van der Waals surface area contributed by atoms with E-state index >= 15 is 0 Å². The molecule has 0 fully saturated rings. The van der Waals surface area contributed by atoms with E-state index in [0.717, 1.165) is 17.8 Å². The SMILES string of the molecule is CCC[C@H]1C=Nc2cccnc2C1. The third-order valence-electron chi connectivity index (χ3n) is 2.41. The molecule has 0 saturated carbocycles. The number of aromatic nitrogens is 1. The van der Waals surface area contributed by atoms with Gasteiger partial charge in [0.1, 0.15) is 0 Å². The van der Waals surface area contributed by atoms with Crippen LogP contribution in [0.1, 0.15) is 25.5 Å². The van der Waals surface area contributed by atoms with Crippen molar-refractivity contribution < 1.29 is 0 Å². The van der Waals surface area contributed by atoms with Gasteiger partial charge in [0.25, 0.3) is 0 Å². The molecule has 1 aliphatic rings. The molecule has 0 bridgehead atoms. The average molecular weight is 174 g/mol. The lowest BCUT2D eigenvalue weighted by Crippen LogP contribution is -2.10. The van der Waals surface area contributed by atoms with Crippen LogP contribution in [0.3, 0.4) is 0 Å². The van der Waals surface area contributed by atoms with Crippen LogP contribution in [-0.2, 0) is 6.42 Å². The van der Waals surface area contributed by atoms with Crippen LogP contribution in [0, 0.1) is 5.92 Å². The topological polar surface area (TPSA) is 25.2 Å². The molecule has 0 radical (unpaired) electrons. The summed E-state index contributed by atoms with van der Waals surface area (Å²) in [5, 5.41) is 0. The van der Waals surface area contributed by atoms with E-state index in [1.807, 2.05) is 18.3 Å². The van der Waals surface area contributed by atoms with Crippen molar-refractivity contribution in [1.29, 1.82) is 0 Å². The maximum atomic E-state index is 4.41. The Morgan fingerprint density at radius 1 is 1.54 bits per heavy atom. The summed E-state index contributed by atoms with van der Waals surface area (Å²) in [6, 6.07) is 3.97. The lowest BCUT2D eigenvalue weighted by molar-refractivity contribution is 0.606. The first-order valence-corrected chi connectivity index (χ1v) is 4.88. The zero-order valence-electron chi connectivity index (χ0n) is 7.90. The van der Waals surface area contributed by atoms with Gasteiger partial charge in [-0.3, -0.25) is 9.98 Å². The van der Waals surface area contributed by atoms with Crippen molar-refractivity contribution in [3.63, 3.8) is 0 Å². The first kappa shape index (κ1) is 8.42. The largest absolute Gasteiger partial charge is 0.259 e. The summed E-state index contributed by atoms with van der Waals surface area (Å²) in [5.41, 5.74) is 2.21. The second kappa shape index (κ2) is 3.69. The maximum absolute atomic E-state index is 4.41. The number of hydrogen-bond acceptors (Lipinski definition) is 2. The maximum Gasteiger partial charge on any atom is 0.0841 e. The molecular weight excluding hydrogens is 160 g/mol. The minimum Gasteiger partial charge on any atom is -0.259 e. The average Bonchev–Trinajstić information content (AvgIpc) is 2.18. The summed E-state index contributed by atoms with van der Waals surface area (Å²) in [7, 11) is 0. The molecule has 1 aliphatic heterocycles. The summed E-state index contributed by atoms with van der Waals surface area (Å²) in [4.78, 5) is 8.74. The molecule has 1 aromatic heterocycles. The van der Waals surface area contributed by atoms with E-state index in [9.17, 15) is 0 Å². The Labute approximate surface area is 78.7 Å². The second-order valence-electron chi connectivity index (χ2n) is 3.50. The Kier molecular flexibility index (Phi) is 2.39. The van der Waals surface area contributed by atoms with Crippen LogP contribution in [0.25, 0.3) is 0 Å². The number of aliphatic imine (C=N–C) groups is 1. The molecule has 2 rings (SSSR count). The van der Waals surface area contributed by atoms with Crippen molar-refractivity contribution in [2.45, 2.75) is 26.2 Å². The van der Waals surface area contributed by atoms with Gasteiger partial charge < -0.3 is 0 Å². The van der Waals surface area contributed by atoms with Gasteiger partial charge in [-0.25, -0.2) is 0 Å². The molecule has 0 spiro atoms. The van der Waals surface area contributed by atoms with E-state index in [0.29, 0.717) is 5.92 Å². The van der Waals surface area contributed by atoms with Gasteiger partial charge in [-0.15, -0.1) is 0 Å². The van der Waals surface area contributed by atoms with Crippen molar-refractivity contribution in [2.75, 3.05) is 0 Å². The van der Waals surface area contributed by atoms with E-state index < -0.39 is 0 Å². The summed E-state index contributed by atoms with van der Waals surface area (Å²) in [6.07, 6.45) is 7.43. The van der Waals surface area contributed by atoms with E-state index in [4.69, 9.17) is 0 Å². The molecule has 0 N–H and O–H groups in total. The quantitative estimate of drug-likeness (QED) is 0.676. The molecule has 0 unspecified atom stereocenters. The van der Waals surface area contributed by atoms with Crippen LogP contribution in [0.15, 0.2) is 23.3 Å². The van der Waals surface area contributed by atoms with E-state index in [1.165, 1.54) is 12.8 Å². The molecule has 1 aromatic rings. The Hall–Kier alpha value is -1.18. The third-order valence-corrected chi connectivity index (χ3v) is 2.41. The fourth-order valence-electron chi connectivity index (χ4n) is 1.74. The Balaban J connectivity index is 2.19. The highest BCUT2D eigenvalue weighted by Crippen LogP contribution is 2.25. The zero-order valence-corrected chi connectivity index (χ0v) is 7.90. The van der Waals surface area contributed by atoms with E-state index in [2.05, 4.69) is 23.1 Å². The molecule has 2 heteroatoms. The van der Waals surface area contributed by atoms with Crippen LogP contribution in [-0.4, -0.2) is 11.2 Å². The highest BCUT2D eigenvalue weighted by molar-refractivity contribution is 5.70. The lowest BCUT2D eigenvalue weighted by atomic mass is 9.96. The smallest absolute Gasteiger partial charge is 0.0841 e. The van der Waals surface area contributed by atoms with Crippen molar-refractivity contribution >= 4 is 11.9 Å². The number of nitrogens with zero attached hydrogens (tertiary/aromatic N) is 2. The zero-order chi connectivity index (χ0) is 9.10. The van der Waals surface area contributed by atoms with Gasteiger partial charge in [0.15, 0.2) is 0 Å². The predicted molar refractivity (Wildman–Crippen MR) is 54.5 cm³/mol. The molecule has 0 amide bonds. The van der Waals surface area contributed by atoms with Gasteiger partial charge >= 0.3 is 0 Å². The normalized spacial score (nSPS) is 19.9. The molecular formula is C11H14N2. The Morgan fingerprint density at radius 2 is 2.46 bits per heavy atom. The van der Waals surface area contributed by atoms with Gasteiger partial charge in [-0.2, -0.15) is 0 Å². The van der Waals surface area contributed by atoms with E-state index in [-0.39, 0.29) is 0 Å². The molecule has 1 atom stereocenters. The molecule has 2 nitrogen and oxygen atoms in total. The van der Waals surface area contributed by atoms with Crippen molar-refractivity contribution in [2.24, 2.45) is 10.9 Å². The highest BCUT2D eigenvalue weighted by atomic mass is 14.8. The van der Waals surface area contributed by atoms with Crippen molar-refractivity contribution in [3.05, 3.63) is 24.0 Å². The van der Waals surface area contributed by atoms with Crippen LogP contribution >= 0.6 is 0 Å². The van der Waals surface area contributed by atoms with Gasteiger partial charge in [-0.05, 0) is 30.9 Å². The molecule has 68 valence electrons. The first-order valence-electron chi connectivity index (χ1n) is 4.88. The van der Waals surface area contributed by atoms with Crippen LogP contribution in [0.4, 0.5) is 5.69 Å². The third kappa shape index (κ3) is 1.77. The van der Waals surface area contributed by atoms with Gasteiger partial charge in [0.2, 0.25) is 0 Å². The Bertz CT molecular complexity index is 318. The summed E-state index contributed by atoms with van der Waals surface area (Å²) >= 11 is 0. The van der Waals surface area contributed by atoms with Gasteiger partial charge in [0.05, 0.1) is 11.4 Å². The molecule has 13 heavy (non-hydrogen) atoms. The van der Waals surface area contributed by atoms with Crippen molar-refractivity contribution in [1.82, 2.24) is 4.98 Å². The molecule has 0 saturated heterocycles. The number of pyridine rings is 1. The first-order chi connectivity index (χ1) is 6.40. The van der Waals surface area contributed by atoms with Crippen LogP contribution in [0.2, 0.25) is 0 Å². The summed E-state index contributed by atoms with van der Waals surface area (Å²) in [5.74, 6) is 0.604. The fourth-order valence-corrected chi connectivity index (χ4v) is 1.74. The van der Waals surface area contributed by atoms with Crippen LogP contribution < -0.4 is 0 Å².